The zero-order chi connectivity index (χ0) is 18.0. The third-order valence-corrected chi connectivity index (χ3v) is 4.17. The van der Waals surface area contributed by atoms with Gasteiger partial charge in [0.05, 0.1) is 16.4 Å². The van der Waals surface area contributed by atoms with Crippen LogP contribution in [0, 0.1) is 5.82 Å². The number of para-hydroxylation sites is 2. The minimum absolute atomic E-state index is 0.0916. The molecule has 0 saturated heterocycles. The van der Waals surface area contributed by atoms with E-state index in [-0.39, 0.29) is 41.7 Å². The smallest absolute Gasteiger partial charge is 0.265 e. The number of amides is 2. The number of nitrogens with one attached hydrogen (secondary N) is 1. The van der Waals surface area contributed by atoms with Gasteiger partial charge in [-0.25, -0.2) is 4.39 Å². The molecule has 7 heteroatoms. The molecule has 2 amide bonds. The van der Waals surface area contributed by atoms with Crippen LogP contribution >= 0.6 is 11.6 Å². The predicted molar refractivity (Wildman–Crippen MR) is 93.5 cm³/mol. The summed E-state index contributed by atoms with van der Waals surface area (Å²) in [6.45, 7) is 1.52. The molecule has 2 aromatic rings. The van der Waals surface area contributed by atoms with Crippen molar-refractivity contribution in [3.05, 3.63) is 53.3 Å². The van der Waals surface area contributed by atoms with Gasteiger partial charge in [0, 0.05) is 12.5 Å². The Hall–Kier alpha value is -2.60. The number of hydrogen-bond acceptors (Lipinski definition) is 3. The number of carbonyl (C=O) groups excluding carboxylic acids is 2. The van der Waals surface area contributed by atoms with Gasteiger partial charge >= 0.3 is 0 Å². The SMILES string of the molecule is CC1CC(=O)Nc2ccccc2N1C(=O)COc1ccc(F)cc1Cl. The van der Waals surface area contributed by atoms with Gasteiger partial charge < -0.3 is 15.0 Å². The fourth-order valence-electron chi connectivity index (χ4n) is 2.77. The summed E-state index contributed by atoms with van der Waals surface area (Å²) in [5.41, 5.74) is 1.18. The van der Waals surface area contributed by atoms with Gasteiger partial charge in [-0.15, -0.1) is 0 Å². The standard InChI is InChI=1S/C18H16ClFN2O3/c1-11-8-17(23)21-14-4-2-3-5-15(14)22(11)18(24)10-25-16-7-6-12(20)9-13(16)19/h2-7,9,11H,8,10H2,1H3,(H,21,23). The van der Waals surface area contributed by atoms with E-state index in [0.717, 1.165) is 6.07 Å². The summed E-state index contributed by atoms with van der Waals surface area (Å²) in [5, 5.41) is 2.88. The summed E-state index contributed by atoms with van der Waals surface area (Å²) >= 11 is 5.91. The predicted octanol–water partition coefficient (Wildman–Crippen LogP) is 3.62. The van der Waals surface area contributed by atoms with Gasteiger partial charge in [-0.1, -0.05) is 23.7 Å². The fourth-order valence-corrected chi connectivity index (χ4v) is 2.99. The summed E-state index contributed by atoms with van der Waals surface area (Å²) < 4.78 is 18.5. The average Bonchev–Trinajstić information content (AvgIpc) is 2.68. The molecule has 5 nitrogen and oxygen atoms in total. The Morgan fingerprint density at radius 2 is 2.12 bits per heavy atom. The summed E-state index contributed by atoms with van der Waals surface area (Å²) in [7, 11) is 0. The number of carbonyl (C=O) groups is 2. The topological polar surface area (TPSA) is 58.6 Å². The number of fused-ring (bicyclic) bond motifs is 1. The Bertz CT molecular complexity index is 828. The van der Waals surface area contributed by atoms with Crippen molar-refractivity contribution in [1.29, 1.82) is 0 Å². The summed E-state index contributed by atoms with van der Waals surface area (Å²) in [4.78, 5) is 26.2. The first-order valence-electron chi connectivity index (χ1n) is 7.74. The zero-order valence-corrected chi connectivity index (χ0v) is 14.2. The molecular formula is C18H16ClFN2O3. The van der Waals surface area contributed by atoms with Crippen LogP contribution in [0.3, 0.4) is 0 Å². The number of halogens is 2. The Labute approximate surface area is 149 Å². The van der Waals surface area contributed by atoms with Gasteiger partial charge in [-0.05, 0) is 37.3 Å². The number of anilines is 2. The number of rotatable bonds is 3. The third kappa shape index (κ3) is 3.74. The molecule has 1 atom stereocenters. The van der Waals surface area contributed by atoms with Crippen molar-refractivity contribution in [2.75, 3.05) is 16.8 Å². The van der Waals surface area contributed by atoms with Crippen molar-refractivity contribution in [3.63, 3.8) is 0 Å². The van der Waals surface area contributed by atoms with E-state index in [2.05, 4.69) is 5.32 Å². The van der Waals surface area contributed by atoms with Gasteiger partial charge in [-0.2, -0.15) is 0 Å². The lowest BCUT2D eigenvalue weighted by molar-refractivity contribution is -0.121. The normalized spacial score (nSPS) is 16.7. The number of hydrogen-bond donors (Lipinski definition) is 1. The van der Waals surface area contributed by atoms with Crippen LogP contribution < -0.4 is 15.0 Å². The number of ether oxygens (including phenoxy) is 1. The zero-order valence-electron chi connectivity index (χ0n) is 13.5. The number of nitrogens with zero attached hydrogens (tertiary/aromatic N) is 1. The molecule has 25 heavy (non-hydrogen) atoms. The van der Waals surface area contributed by atoms with E-state index in [9.17, 15) is 14.0 Å². The summed E-state index contributed by atoms with van der Waals surface area (Å²) in [6, 6.07) is 10.4. The monoisotopic (exact) mass is 362 g/mol. The molecule has 130 valence electrons. The molecule has 3 rings (SSSR count). The molecule has 0 aromatic heterocycles. The van der Waals surface area contributed by atoms with E-state index in [4.69, 9.17) is 16.3 Å². The molecule has 1 N–H and O–H groups in total. The maximum Gasteiger partial charge on any atom is 0.265 e. The van der Waals surface area contributed by atoms with Gasteiger partial charge in [0.1, 0.15) is 11.6 Å². The molecule has 0 fully saturated rings. The maximum atomic E-state index is 13.1. The molecular weight excluding hydrogens is 347 g/mol. The minimum Gasteiger partial charge on any atom is -0.482 e. The molecule has 1 aliphatic heterocycles. The van der Waals surface area contributed by atoms with Crippen LogP contribution in [0.1, 0.15) is 13.3 Å². The van der Waals surface area contributed by atoms with Crippen molar-refractivity contribution in [2.45, 2.75) is 19.4 Å². The maximum absolute atomic E-state index is 13.1. The highest BCUT2D eigenvalue weighted by Gasteiger charge is 2.29. The third-order valence-electron chi connectivity index (χ3n) is 3.87. The second-order valence-corrected chi connectivity index (χ2v) is 6.15. The minimum atomic E-state index is -0.483. The van der Waals surface area contributed by atoms with Crippen molar-refractivity contribution >= 4 is 34.8 Å². The van der Waals surface area contributed by atoms with Gasteiger partial charge in [0.25, 0.3) is 5.91 Å². The Morgan fingerprint density at radius 1 is 1.36 bits per heavy atom. The van der Waals surface area contributed by atoms with Crippen molar-refractivity contribution in [2.24, 2.45) is 0 Å². The molecule has 0 aliphatic carbocycles. The van der Waals surface area contributed by atoms with E-state index in [0.29, 0.717) is 11.4 Å². The average molecular weight is 363 g/mol. The van der Waals surface area contributed by atoms with Crippen molar-refractivity contribution in [3.8, 4) is 5.75 Å². The lowest BCUT2D eigenvalue weighted by atomic mass is 10.1. The van der Waals surface area contributed by atoms with E-state index >= 15 is 0 Å². The second kappa shape index (κ2) is 7.11. The quantitative estimate of drug-likeness (QED) is 0.907. The first-order valence-corrected chi connectivity index (χ1v) is 8.12. The van der Waals surface area contributed by atoms with Gasteiger partial charge in [-0.3, -0.25) is 9.59 Å². The van der Waals surface area contributed by atoms with Gasteiger partial charge in [0.15, 0.2) is 6.61 Å². The molecule has 2 aromatic carbocycles. The molecule has 1 heterocycles. The van der Waals surface area contributed by atoms with Crippen LogP contribution in [0.2, 0.25) is 5.02 Å². The fraction of sp³-hybridized carbons (Fsp3) is 0.222. The molecule has 1 unspecified atom stereocenters. The first kappa shape index (κ1) is 17.2. The Kier molecular flexibility index (Phi) is 4.90. The lowest BCUT2D eigenvalue weighted by Gasteiger charge is -2.27. The van der Waals surface area contributed by atoms with E-state index in [1.54, 1.807) is 31.2 Å². The van der Waals surface area contributed by atoms with Crippen LogP contribution in [0.4, 0.5) is 15.8 Å². The molecule has 0 bridgehead atoms. The summed E-state index contributed by atoms with van der Waals surface area (Å²) in [5.74, 6) is -0.737. The highest BCUT2D eigenvalue weighted by molar-refractivity contribution is 6.32. The molecule has 1 aliphatic rings. The molecule has 0 radical (unpaired) electrons. The van der Waals surface area contributed by atoms with Gasteiger partial charge in [0.2, 0.25) is 5.91 Å². The second-order valence-electron chi connectivity index (χ2n) is 5.75. The van der Waals surface area contributed by atoms with Crippen LogP contribution in [0.25, 0.3) is 0 Å². The summed E-state index contributed by atoms with van der Waals surface area (Å²) in [6.07, 6.45) is 0.178. The highest BCUT2D eigenvalue weighted by atomic mass is 35.5. The van der Waals surface area contributed by atoms with Crippen LogP contribution in [-0.2, 0) is 9.59 Å². The van der Waals surface area contributed by atoms with Crippen LogP contribution in [-0.4, -0.2) is 24.5 Å². The van der Waals surface area contributed by atoms with Crippen LogP contribution in [0.5, 0.6) is 5.75 Å². The molecule has 0 saturated carbocycles. The van der Waals surface area contributed by atoms with E-state index in [1.165, 1.54) is 17.0 Å². The number of benzene rings is 2. The lowest BCUT2D eigenvalue weighted by Crippen LogP contribution is -2.41. The first-order chi connectivity index (χ1) is 12.0. The Morgan fingerprint density at radius 3 is 2.88 bits per heavy atom. The molecule has 0 spiro atoms. The van der Waals surface area contributed by atoms with Crippen LogP contribution in [0.15, 0.2) is 42.5 Å². The van der Waals surface area contributed by atoms with E-state index < -0.39 is 5.82 Å². The highest BCUT2D eigenvalue weighted by Crippen LogP contribution is 2.31. The van der Waals surface area contributed by atoms with Crippen molar-refractivity contribution < 1.29 is 18.7 Å². The van der Waals surface area contributed by atoms with Crippen molar-refractivity contribution in [1.82, 2.24) is 0 Å². The largest absolute Gasteiger partial charge is 0.482 e. The van der Waals surface area contributed by atoms with E-state index in [1.807, 2.05) is 0 Å². The Balaban J connectivity index is 1.81.